The lowest BCUT2D eigenvalue weighted by atomic mass is 9.64. The maximum atomic E-state index is 13.3. The normalized spacial score (nSPS) is 20.3. The fraction of sp³-hybridized carbons (Fsp3) is 0.500. The first-order valence-electron chi connectivity index (χ1n) is 8.64. The van der Waals surface area contributed by atoms with Gasteiger partial charge in [-0.2, -0.15) is 0 Å². The average Bonchev–Trinajstić information content (AvgIpc) is 2.55. The van der Waals surface area contributed by atoms with Gasteiger partial charge in [0.05, 0.1) is 12.0 Å². The molecule has 0 spiro atoms. The largest absolute Gasteiger partial charge is 0.506 e. The molecule has 24 heavy (non-hydrogen) atoms. The standard InChI is InChI=1S/C20H26O4/c1-5-20(12-11-13(3)4)15-10-8-7-9-14(15)17(21)16(18(20)22)19(23)24-6-2/h7-10,13,21H,5-6,11-12H2,1-4H3. The summed E-state index contributed by atoms with van der Waals surface area (Å²) >= 11 is 0. The molecule has 4 nitrogen and oxygen atoms in total. The molecule has 0 radical (unpaired) electrons. The molecule has 0 aliphatic heterocycles. The third kappa shape index (κ3) is 2.97. The Morgan fingerprint density at radius 1 is 1.25 bits per heavy atom. The van der Waals surface area contributed by atoms with Crippen LogP contribution in [-0.2, 0) is 19.7 Å². The van der Waals surface area contributed by atoms with E-state index in [2.05, 4.69) is 13.8 Å². The van der Waals surface area contributed by atoms with Crippen molar-refractivity contribution < 1.29 is 19.4 Å². The van der Waals surface area contributed by atoms with Gasteiger partial charge < -0.3 is 9.84 Å². The van der Waals surface area contributed by atoms with Crippen molar-refractivity contribution in [2.45, 2.75) is 52.4 Å². The number of hydrogen-bond acceptors (Lipinski definition) is 4. The molecule has 1 atom stereocenters. The average molecular weight is 330 g/mol. The first-order chi connectivity index (χ1) is 11.4. The molecule has 0 heterocycles. The van der Waals surface area contributed by atoms with E-state index in [0.29, 0.717) is 24.3 Å². The molecule has 1 unspecified atom stereocenters. The van der Waals surface area contributed by atoms with Crippen LogP contribution in [0.5, 0.6) is 0 Å². The van der Waals surface area contributed by atoms with E-state index in [4.69, 9.17) is 4.74 Å². The molecule has 1 N–H and O–H groups in total. The Balaban J connectivity index is 2.65. The number of benzene rings is 1. The Kier molecular flexibility index (Phi) is 5.47. The van der Waals surface area contributed by atoms with E-state index >= 15 is 0 Å². The summed E-state index contributed by atoms with van der Waals surface area (Å²) in [5, 5.41) is 10.6. The van der Waals surface area contributed by atoms with Crippen molar-refractivity contribution in [3.63, 3.8) is 0 Å². The molecule has 130 valence electrons. The van der Waals surface area contributed by atoms with E-state index in [-0.39, 0.29) is 23.7 Å². The van der Waals surface area contributed by atoms with Crippen LogP contribution in [0.25, 0.3) is 5.76 Å². The SMILES string of the molecule is CCOC(=O)C1=C(O)c2ccccc2C(CC)(CCC(C)C)C1=O. The van der Waals surface area contributed by atoms with Crippen LogP contribution in [0.1, 0.15) is 58.1 Å². The number of esters is 1. The molecule has 4 heteroatoms. The summed E-state index contributed by atoms with van der Waals surface area (Å²) in [5.41, 5.74) is 0.380. The Bertz CT molecular complexity index is 672. The molecule has 0 saturated heterocycles. The van der Waals surface area contributed by atoms with Gasteiger partial charge in [-0.3, -0.25) is 4.79 Å². The van der Waals surface area contributed by atoms with Crippen LogP contribution in [0.15, 0.2) is 29.8 Å². The second-order valence-corrected chi connectivity index (χ2v) is 6.69. The molecule has 1 aliphatic rings. The predicted molar refractivity (Wildman–Crippen MR) is 93.7 cm³/mol. The predicted octanol–water partition coefficient (Wildman–Crippen LogP) is 4.19. The Labute approximate surface area is 143 Å². The molecular weight excluding hydrogens is 304 g/mol. The zero-order valence-corrected chi connectivity index (χ0v) is 14.9. The highest BCUT2D eigenvalue weighted by atomic mass is 16.5. The van der Waals surface area contributed by atoms with Gasteiger partial charge >= 0.3 is 5.97 Å². The summed E-state index contributed by atoms with van der Waals surface area (Å²) in [7, 11) is 0. The number of ketones is 1. The Hall–Kier alpha value is -2.10. The summed E-state index contributed by atoms with van der Waals surface area (Å²) in [6.45, 7) is 8.03. The molecule has 0 amide bonds. The monoisotopic (exact) mass is 330 g/mol. The van der Waals surface area contributed by atoms with Gasteiger partial charge in [-0.1, -0.05) is 45.0 Å². The first kappa shape index (κ1) is 18.2. The topological polar surface area (TPSA) is 63.6 Å². The van der Waals surface area contributed by atoms with Gasteiger partial charge in [-0.25, -0.2) is 4.79 Å². The summed E-state index contributed by atoms with van der Waals surface area (Å²) < 4.78 is 5.02. The number of carbonyl (C=O) groups is 2. The van der Waals surface area contributed by atoms with Gasteiger partial charge in [0.1, 0.15) is 11.3 Å². The Morgan fingerprint density at radius 2 is 1.92 bits per heavy atom. The number of rotatable bonds is 6. The van der Waals surface area contributed by atoms with E-state index in [0.717, 1.165) is 12.0 Å². The molecule has 2 rings (SSSR count). The first-order valence-corrected chi connectivity index (χ1v) is 8.64. The van der Waals surface area contributed by atoms with Crippen LogP contribution in [0.2, 0.25) is 0 Å². The van der Waals surface area contributed by atoms with Crippen LogP contribution in [-0.4, -0.2) is 23.5 Å². The van der Waals surface area contributed by atoms with Crippen molar-refractivity contribution in [1.82, 2.24) is 0 Å². The molecule has 0 aromatic heterocycles. The molecule has 0 bridgehead atoms. The van der Waals surface area contributed by atoms with Crippen molar-refractivity contribution in [3.8, 4) is 0 Å². The van der Waals surface area contributed by atoms with Gasteiger partial charge in [-0.05, 0) is 37.7 Å². The number of aliphatic hydroxyl groups excluding tert-OH is 1. The summed E-state index contributed by atoms with van der Waals surface area (Å²) in [6, 6.07) is 7.32. The second kappa shape index (κ2) is 7.20. The van der Waals surface area contributed by atoms with Gasteiger partial charge in [0.25, 0.3) is 0 Å². The number of aliphatic hydroxyl groups is 1. The zero-order chi connectivity index (χ0) is 17.9. The fourth-order valence-electron chi connectivity index (χ4n) is 3.41. The van der Waals surface area contributed by atoms with Crippen molar-refractivity contribution in [1.29, 1.82) is 0 Å². The maximum absolute atomic E-state index is 13.3. The summed E-state index contributed by atoms with van der Waals surface area (Å²) in [6.07, 6.45) is 2.09. The highest BCUT2D eigenvalue weighted by Gasteiger charge is 2.48. The highest BCUT2D eigenvalue weighted by molar-refractivity contribution is 6.27. The van der Waals surface area contributed by atoms with E-state index in [1.807, 2.05) is 19.1 Å². The number of Topliss-reactive ketones (excluding diaryl/α,β-unsaturated/α-hetero) is 1. The molecule has 1 aliphatic carbocycles. The van der Waals surface area contributed by atoms with Gasteiger partial charge in [0.15, 0.2) is 5.78 Å². The smallest absolute Gasteiger partial charge is 0.345 e. The maximum Gasteiger partial charge on any atom is 0.345 e. The van der Waals surface area contributed by atoms with Crippen molar-refractivity contribution in [2.24, 2.45) is 5.92 Å². The van der Waals surface area contributed by atoms with Crippen LogP contribution < -0.4 is 0 Å². The molecular formula is C20H26O4. The molecule has 0 fully saturated rings. The van der Waals surface area contributed by atoms with Crippen molar-refractivity contribution in [3.05, 3.63) is 41.0 Å². The van der Waals surface area contributed by atoms with E-state index < -0.39 is 11.4 Å². The number of hydrogen-bond donors (Lipinski definition) is 1. The minimum absolute atomic E-state index is 0.162. The van der Waals surface area contributed by atoms with E-state index in [9.17, 15) is 14.7 Å². The lowest BCUT2D eigenvalue weighted by Gasteiger charge is -2.37. The van der Waals surface area contributed by atoms with Crippen LogP contribution in [0.3, 0.4) is 0 Å². The van der Waals surface area contributed by atoms with E-state index in [1.165, 1.54) is 0 Å². The molecule has 1 aromatic carbocycles. The number of fused-ring (bicyclic) bond motifs is 1. The molecule has 0 saturated carbocycles. The lowest BCUT2D eigenvalue weighted by Crippen LogP contribution is -2.42. The summed E-state index contributed by atoms with van der Waals surface area (Å²) in [4.78, 5) is 25.6. The van der Waals surface area contributed by atoms with Crippen molar-refractivity contribution >= 4 is 17.5 Å². The van der Waals surface area contributed by atoms with Gasteiger partial charge in [0.2, 0.25) is 0 Å². The van der Waals surface area contributed by atoms with Crippen LogP contribution >= 0.6 is 0 Å². The highest BCUT2D eigenvalue weighted by Crippen LogP contribution is 2.45. The number of carbonyl (C=O) groups excluding carboxylic acids is 2. The van der Waals surface area contributed by atoms with Crippen LogP contribution in [0.4, 0.5) is 0 Å². The number of ether oxygens (including phenoxy) is 1. The Morgan fingerprint density at radius 3 is 2.50 bits per heavy atom. The third-order valence-corrected chi connectivity index (χ3v) is 4.83. The third-order valence-electron chi connectivity index (χ3n) is 4.83. The fourth-order valence-corrected chi connectivity index (χ4v) is 3.41. The quantitative estimate of drug-likeness (QED) is 0.627. The van der Waals surface area contributed by atoms with Crippen LogP contribution in [0, 0.1) is 5.92 Å². The lowest BCUT2D eigenvalue weighted by molar-refractivity contribution is -0.141. The second-order valence-electron chi connectivity index (χ2n) is 6.69. The summed E-state index contributed by atoms with van der Waals surface area (Å²) in [5.74, 6) is -0.876. The van der Waals surface area contributed by atoms with Crippen molar-refractivity contribution in [2.75, 3.05) is 6.61 Å². The zero-order valence-electron chi connectivity index (χ0n) is 14.9. The van der Waals surface area contributed by atoms with Gasteiger partial charge in [0, 0.05) is 5.56 Å². The van der Waals surface area contributed by atoms with Gasteiger partial charge in [-0.15, -0.1) is 0 Å². The minimum Gasteiger partial charge on any atom is -0.506 e. The minimum atomic E-state index is -0.783. The molecule has 1 aromatic rings. The van der Waals surface area contributed by atoms with E-state index in [1.54, 1.807) is 19.1 Å².